The predicted octanol–water partition coefficient (Wildman–Crippen LogP) is 19.9. The van der Waals surface area contributed by atoms with Crippen LogP contribution < -0.4 is 16.0 Å². The summed E-state index contributed by atoms with van der Waals surface area (Å²) in [6, 6.07) is 73.6. The van der Waals surface area contributed by atoms with Crippen LogP contribution in [0.25, 0.3) is 33.8 Å². The number of likely N-dealkylation sites (N-methyl/N-ethyl adjacent to an activating group) is 1. The van der Waals surface area contributed by atoms with E-state index in [4.69, 9.17) is 24.7 Å². The molecule has 112 heavy (non-hydrogen) atoms. The maximum absolute atomic E-state index is 14.7. The first-order valence-corrected chi connectivity index (χ1v) is 40.8. The number of piperidine rings is 1. The zero-order valence-electron chi connectivity index (χ0n) is 64.5. The van der Waals surface area contributed by atoms with Crippen molar-refractivity contribution >= 4 is 50.8 Å². The van der Waals surface area contributed by atoms with E-state index in [2.05, 4.69) is 221 Å². The zero-order chi connectivity index (χ0) is 76.5. The second-order valence-corrected chi connectivity index (χ2v) is 31.2. The van der Waals surface area contributed by atoms with Gasteiger partial charge in [-0.1, -0.05) is 193 Å². The van der Waals surface area contributed by atoms with Gasteiger partial charge >= 0.3 is 0 Å². The summed E-state index contributed by atoms with van der Waals surface area (Å²) in [6.45, 7) is 15.5. The average molecular weight is 1560 g/mol. The Kier molecular flexibility index (Phi) is 25.7. The summed E-state index contributed by atoms with van der Waals surface area (Å²) in [6.07, 6.45) is 17.7. The molecule has 12 aromatic rings. The molecule has 3 atom stereocenters. The molecule has 2 aliphatic heterocycles. The third-order valence-corrected chi connectivity index (χ3v) is 23.3. The Bertz CT molecular complexity index is 5090. The molecule has 3 N–H and O–H groups in total. The fourth-order valence-electron chi connectivity index (χ4n) is 16.4. The van der Waals surface area contributed by atoms with Gasteiger partial charge in [0.15, 0.2) is 0 Å². The molecule has 2 fully saturated rings. The van der Waals surface area contributed by atoms with Crippen molar-refractivity contribution < 1.29 is 13.5 Å². The Morgan fingerprint density at radius 3 is 1.21 bits per heavy atom. The number of rotatable bonds is 24. The van der Waals surface area contributed by atoms with Crippen molar-refractivity contribution in [1.82, 2.24) is 49.5 Å². The summed E-state index contributed by atoms with van der Waals surface area (Å²) in [5.41, 5.74) is 22.7. The summed E-state index contributed by atoms with van der Waals surface area (Å²) in [5, 5.41) is 10.2. The Labute approximate surface area is 667 Å². The van der Waals surface area contributed by atoms with Crippen LogP contribution in [0.2, 0.25) is 0 Å². The maximum atomic E-state index is 14.7. The summed E-state index contributed by atoms with van der Waals surface area (Å²) < 4.78 is 35.7. The number of aromatic nitrogens is 6. The van der Waals surface area contributed by atoms with Gasteiger partial charge in [0.1, 0.15) is 11.6 Å². The molecule has 2 saturated heterocycles. The minimum absolute atomic E-state index is 0.0465. The van der Waals surface area contributed by atoms with Gasteiger partial charge in [-0.05, 0) is 212 Å². The molecule has 3 aromatic heterocycles. The van der Waals surface area contributed by atoms with Crippen molar-refractivity contribution in [2.24, 2.45) is 0 Å². The third-order valence-electron chi connectivity index (χ3n) is 22.7. The number of likely N-dealkylation sites (tertiary alicyclic amines) is 1. The number of piperazine rings is 1. The van der Waals surface area contributed by atoms with Gasteiger partial charge in [0.05, 0.1) is 23.7 Å². The smallest absolute Gasteiger partial charge is 0.227 e. The molecule has 2 unspecified atom stereocenters. The van der Waals surface area contributed by atoms with Gasteiger partial charge in [-0.15, -0.1) is 0 Å². The van der Waals surface area contributed by atoms with Gasteiger partial charge in [-0.2, -0.15) is 0 Å². The number of fused-ring (bicyclic) bond motifs is 9. The molecule has 0 saturated carbocycles. The highest BCUT2D eigenvalue weighted by Crippen LogP contribution is 2.46. The number of anilines is 6. The lowest BCUT2D eigenvalue weighted by Crippen LogP contribution is -2.47. The molecule has 0 radical (unpaired) electrons. The SMILES string of the molecule is CCCCN(C)CCc1ccc(Nc2ncc3c(n2)-c2ccccc2C(c2ccccc2F)C3)cc1.COCCN1CCN(CCc2ccc(Nc3ncc4c(n3)-c3ccccc3[C@@H](c3ccc(Br)cc3)C4)cc2)CC1.Fc1ccccc1C1Cc2cnc(Nc3ccc(CCN4CCCCC4)cc3)nc2-c2ccccc21. The van der Waals surface area contributed by atoms with Crippen LogP contribution in [-0.2, 0) is 43.3 Å². The molecule has 17 rings (SSSR count). The van der Waals surface area contributed by atoms with Crippen LogP contribution in [0.1, 0.15) is 124 Å². The quantitative estimate of drug-likeness (QED) is 0.0529. The number of hydrogen-bond donors (Lipinski definition) is 3. The summed E-state index contributed by atoms with van der Waals surface area (Å²) in [5.74, 6) is 1.64. The molecule has 572 valence electrons. The number of hydrogen-bond acceptors (Lipinski definition) is 14. The van der Waals surface area contributed by atoms with Crippen molar-refractivity contribution in [1.29, 1.82) is 0 Å². The average Bonchev–Trinajstić information content (AvgIpc) is 0.773. The first-order valence-electron chi connectivity index (χ1n) is 40.1. The van der Waals surface area contributed by atoms with Gasteiger partial charge in [-0.25, -0.2) is 38.7 Å². The molecule has 5 aliphatic rings. The molecule has 3 aliphatic carbocycles. The lowest BCUT2D eigenvalue weighted by Gasteiger charge is -2.34. The Morgan fingerprint density at radius 1 is 0.420 bits per heavy atom. The molecule has 0 amide bonds. The van der Waals surface area contributed by atoms with E-state index in [1.807, 2.05) is 67.1 Å². The van der Waals surface area contributed by atoms with Crippen LogP contribution in [0.15, 0.2) is 241 Å². The molecular weight excluding hydrogens is 1460 g/mol. The van der Waals surface area contributed by atoms with Crippen LogP contribution in [0.5, 0.6) is 0 Å². The number of ether oxygens (including phenoxy) is 1. The van der Waals surface area contributed by atoms with E-state index in [0.29, 0.717) is 36.6 Å². The third kappa shape index (κ3) is 19.3. The maximum Gasteiger partial charge on any atom is 0.227 e. The minimum atomic E-state index is -0.170. The van der Waals surface area contributed by atoms with E-state index in [-0.39, 0.29) is 23.5 Å². The first kappa shape index (κ1) is 77.1. The predicted molar refractivity (Wildman–Crippen MR) is 454 cm³/mol. The van der Waals surface area contributed by atoms with E-state index in [1.165, 1.54) is 96.3 Å². The fraction of sp³-hybridized carbons (Fsp3) is 0.305. The van der Waals surface area contributed by atoms with Gasteiger partial charge in [-0.3, -0.25) is 4.90 Å². The zero-order valence-corrected chi connectivity index (χ0v) is 66.1. The van der Waals surface area contributed by atoms with Gasteiger partial charge in [0, 0.05) is 134 Å². The van der Waals surface area contributed by atoms with E-state index >= 15 is 0 Å². The second kappa shape index (κ2) is 37.4. The minimum Gasteiger partial charge on any atom is -0.383 e. The van der Waals surface area contributed by atoms with Crippen molar-refractivity contribution in [2.45, 2.75) is 95.3 Å². The van der Waals surface area contributed by atoms with Crippen molar-refractivity contribution in [3.05, 3.63) is 320 Å². The second-order valence-electron chi connectivity index (χ2n) is 30.3. The van der Waals surface area contributed by atoms with Crippen LogP contribution in [0.4, 0.5) is 43.7 Å². The largest absolute Gasteiger partial charge is 0.383 e. The van der Waals surface area contributed by atoms with Gasteiger partial charge in [0.2, 0.25) is 17.8 Å². The van der Waals surface area contributed by atoms with E-state index in [0.717, 1.165) is 174 Å². The summed E-state index contributed by atoms with van der Waals surface area (Å²) >= 11 is 3.56. The van der Waals surface area contributed by atoms with E-state index < -0.39 is 0 Å². The van der Waals surface area contributed by atoms with Crippen molar-refractivity contribution in [3.63, 3.8) is 0 Å². The normalized spacial score (nSPS) is 16.4. The standard InChI is InChI=1S/C33H36BrN5O.C31H31FN4.C31H33FN4/c1-40-21-20-39-18-16-38(17-19-39)15-14-24-6-12-28(13-7-24)36-33-35-23-26-22-31(25-8-10-27(34)11-9-25)29-4-2-3-5-30(29)32(26)37-33;32-29-11-5-4-9-26(29)28-20-23-21-33-31(35-30(23)27-10-3-2-8-25(27)28)34-24-14-12-22(13-15-24)16-19-36-17-6-1-7-18-36;1-3-4-18-36(2)19-17-22-13-15-24(16-14-22)34-31-33-21-23-20-28(26-10-7-8-12-29(26)32)25-9-5-6-11-27(25)30(23)35-31/h2-13,23,31H,14-22H2,1H3,(H,35,36,37);2-5,8-15,21,28H,1,6-7,16-20H2,(H,33,34,35);5-16,21,28H,3-4,17-20H2,1-2H3,(H,33,34,35)/t31-;;/m1../s1. The Balaban J connectivity index is 0.000000133. The number of methoxy groups -OCH3 is 1. The molecule has 5 heterocycles. The lowest BCUT2D eigenvalue weighted by atomic mass is 9.78. The Hall–Kier alpha value is -10.2. The van der Waals surface area contributed by atoms with Crippen molar-refractivity contribution in [2.75, 3.05) is 109 Å². The van der Waals surface area contributed by atoms with Crippen LogP contribution >= 0.6 is 15.9 Å². The molecule has 0 bridgehead atoms. The molecular formula is C95H100BrF2N13O. The number of nitrogens with zero attached hydrogens (tertiary/aromatic N) is 10. The topological polar surface area (TPSA) is 136 Å². The Morgan fingerprint density at radius 2 is 0.795 bits per heavy atom. The molecule has 14 nitrogen and oxygen atoms in total. The van der Waals surface area contributed by atoms with Crippen molar-refractivity contribution in [3.8, 4) is 33.8 Å². The summed E-state index contributed by atoms with van der Waals surface area (Å²) in [7, 11) is 3.96. The fourth-order valence-corrected chi connectivity index (χ4v) is 16.6. The number of benzene rings is 9. The number of halogens is 3. The van der Waals surface area contributed by atoms with Crippen LogP contribution in [0.3, 0.4) is 0 Å². The first-order chi connectivity index (χ1) is 55.0. The van der Waals surface area contributed by atoms with Crippen LogP contribution in [-0.4, -0.2) is 142 Å². The van der Waals surface area contributed by atoms with Gasteiger partial charge in [0.25, 0.3) is 0 Å². The van der Waals surface area contributed by atoms with E-state index in [1.54, 1.807) is 19.2 Å². The molecule has 0 spiro atoms. The number of unbranched alkanes of at least 4 members (excludes halogenated alkanes) is 1. The highest BCUT2D eigenvalue weighted by molar-refractivity contribution is 9.10. The monoisotopic (exact) mass is 1560 g/mol. The summed E-state index contributed by atoms with van der Waals surface area (Å²) in [4.78, 5) is 38.7. The highest BCUT2D eigenvalue weighted by atomic mass is 79.9. The molecule has 17 heteroatoms. The lowest BCUT2D eigenvalue weighted by molar-refractivity contribution is 0.0976. The molecule has 9 aromatic carbocycles. The van der Waals surface area contributed by atoms with Gasteiger partial charge < -0.3 is 35.4 Å². The highest BCUT2D eigenvalue weighted by Gasteiger charge is 2.32. The number of nitrogens with one attached hydrogen (secondary N) is 3. The van der Waals surface area contributed by atoms with E-state index in [9.17, 15) is 8.78 Å². The van der Waals surface area contributed by atoms with Crippen LogP contribution in [0, 0.1) is 11.6 Å².